The van der Waals surface area contributed by atoms with E-state index in [1.807, 2.05) is 30.5 Å². The van der Waals surface area contributed by atoms with E-state index in [0.29, 0.717) is 6.54 Å². The van der Waals surface area contributed by atoms with Gasteiger partial charge in [-0.15, -0.1) is 0 Å². The minimum Gasteiger partial charge on any atom is -0.464 e. The van der Waals surface area contributed by atoms with Crippen molar-refractivity contribution in [2.45, 2.75) is 19.0 Å². The highest BCUT2D eigenvalue weighted by Gasteiger charge is 2.18. The first kappa shape index (κ1) is 13.9. The van der Waals surface area contributed by atoms with Gasteiger partial charge < -0.3 is 15.5 Å². The summed E-state index contributed by atoms with van der Waals surface area (Å²) < 4.78 is 5.62. The van der Waals surface area contributed by atoms with Gasteiger partial charge in [-0.2, -0.15) is 0 Å². The predicted molar refractivity (Wildman–Crippen MR) is 86.0 cm³/mol. The van der Waals surface area contributed by atoms with Crippen molar-refractivity contribution >= 4 is 11.0 Å². The van der Waals surface area contributed by atoms with E-state index in [-0.39, 0.29) is 12.1 Å². The molecule has 0 aliphatic heterocycles. The Balaban J connectivity index is 1.85. The number of nitrogens with two attached hydrogens (primary N) is 1. The Morgan fingerprint density at radius 1 is 1.05 bits per heavy atom. The number of benzene rings is 2. The molecule has 2 atom stereocenters. The zero-order chi connectivity index (χ0) is 14.7. The van der Waals surface area contributed by atoms with Crippen molar-refractivity contribution in [3.8, 4) is 0 Å². The van der Waals surface area contributed by atoms with Crippen molar-refractivity contribution in [1.82, 2.24) is 5.32 Å². The van der Waals surface area contributed by atoms with E-state index >= 15 is 0 Å². The molecule has 0 aliphatic carbocycles. The molecule has 0 amide bonds. The largest absolute Gasteiger partial charge is 0.464 e. The Bertz CT molecular complexity index is 705. The molecule has 0 fully saturated rings. The van der Waals surface area contributed by atoms with Crippen molar-refractivity contribution in [2.75, 3.05) is 6.54 Å². The van der Waals surface area contributed by atoms with Crippen LogP contribution >= 0.6 is 0 Å². The molecule has 3 rings (SSSR count). The Kier molecular flexibility index (Phi) is 4.04. The maximum absolute atomic E-state index is 5.98. The molecule has 0 spiro atoms. The van der Waals surface area contributed by atoms with E-state index in [0.717, 1.165) is 16.5 Å². The Morgan fingerprint density at radius 2 is 1.76 bits per heavy atom. The molecule has 21 heavy (non-hydrogen) atoms. The lowest BCUT2D eigenvalue weighted by Crippen LogP contribution is -2.30. The molecule has 108 valence electrons. The molecule has 0 saturated heterocycles. The molecular weight excluding hydrogens is 260 g/mol. The van der Waals surface area contributed by atoms with Gasteiger partial charge in [-0.3, -0.25) is 0 Å². The number of fused-ring (bicyclic) bond motifs is 1. The SMILES string of the molecule is CC(NC(CN)c1coc2ccccc12)c1ccccc1. The lowest BCUT2D eigenvalue weighted by atomic mass is 10.0. The fourth-order valence-electron chi connectivity index (χ4n) is 2.69. The highest BCUT2D eigenvalue weighted by atomic mass is 16.3. The highest BCUT2D eigenvalue weighted by Crippen LogP contribution is 2.27. The summed E-state index contributed by atoms with van der Waals surface area (Å²) in [6.45, 7) is 2.68. The van der Waals surface area contributed by atoms with Crippen LogP contribution in [0, 0.1) is 0 Å². The lowest BCUT2D eigenvalue weighted by Gasteiger charge is -2.22. The predicted octanol–water partition coefficient (Wildman–Crippen LogP) is 3.78. The van der Waals surface area contributed by atoms with E-state index in [1.165, 1.54) is 5.56 Å². The second kappa shape index (κ2) is 6.12. The molecule has 2 aromatic carbocycles. The summed E-state index contributed by atoms with van der Waals surface area (Å²) in [7, 11) is 0. The van der Waals surface area contributed by atoms with E-state index in [2.05, 4.69) is 42.6 Å². The van der Waals surface area contributed by atoms with Crippen LogP contribution in [-0.2, 0) is 0 Å². The van der Waals surface area contributed by atoms with Crippen LogP contribution in [0.15, 0.2) is 65.3 Å². The van der Waals surface area contributed by atoms with Gasteiger partial charge in [0.25, 0.3) is 0 Å². The van der Waals surface area contributed by atoms with Gasteiger partial charge in [0.05, 0.1) is 6.26 Å². The minimum atomic E-state index is 0.0730. The average Bonchev–Trinajstić information content (AvgIpc) is 2.97. The summed E-state index contributed by atoms with van der Waals surface area (Å²) in [4.78, 5) is 0. The van der Waals surface area contributed by atoms with E-state index in [1.54, 1.807) is 0 Å². The van der Waals surface area contributed by atoms with Crippen molar-refractivity contribution in [1.29, 1.82) is 0 Å². The fourth-order valence-corrected chi connectivity index (χ4v) is 2.69. The molecule has 3 N–H and O–H groups in total. The molecule has 3 heteroatoms. The third-order valence-corrected chi connectivity index (χ3v) is 3.87. The molecule has 0 aliphatic rings. The van der Waals surface area contributed by atoms with Gasteiger partial charge in [0.1, 0.15) is 5.58 Å². The fraction of sp³-hybridized carbons (Fsp3) is 0.222. The summed E-state index contributed by atoms with van der Waals surface area (Å²) in [5.41, 5.74) is 9.25. The van der Waals surface area contributed by atoms with Crippen LogP contribution in [0.1, 0.15) is 30.1 Å². The third kappa shape index (κ3) is 2.84. The molecule has 0 bridgehead atoms. The Hall–Kier alpha value is -2.10. The number of hydrogen-bond donors (Lipinski definition) is 2. The molecule has 0 radical (unpaired) electrons. The van der Waals surface area contributed by atoms with E-state index in [4.69, 9.17) is 10.2 Å². The van der Waals surface area contributed by atoms with Crippen molar-refractivity contribution in [2.24, 2.45) is 5.73 Å². The van der Waals surface area contributed by atoms with Gasteiger partial charge in [-0.25, -0.2) is 0 Å². The molecule has 3 nitrogen and oxygen atoms in total. The molecule has 1 aromatic heterocycles. The van der Waals surface area contributed by atoms with Gasteiger partial charge in [-0.1, -0.05) is 48.5 Å². The quantitative estimate of drug-likeness (QED) is 0.747. The van der Waals surface area contributed by atoms with Crippen molar-refractivity contribution in [3.63, 3.8) is 0 Å². The van der Waals surface area contributed by atoms with E-state index < -0.39 is 0 Å². The van der Waals surface area contributed by atoms with Gasteiger partial charge in [0.2, 0.25) is 0 Å². The summed E-state index contributed by atoms with van der Waals surface area (Å²) >= 11 is 0. The van der Waals surface area contributed by atoms with E-state index in [9.17, 15) is 0 Å². The standard InChI is InChI=1S/C18H20N2O/c1-13(14-7-3-2-4-8-14)20-17(11-19)16-12-21-18-10-6-5-9-15(16)18/h2-10,12-13,17,20H,11,19H2,1H3. The normalized spacial score (nSPS) is 14.2. The molecular formula is C18H20N2O. The van der Waals surface area contributed by atoms with Crippen molar-refractivity contribution < 1.29 is 4.42 Å². The van der Waals surface area contributed by atoms with Gasteiger partial charge in [0, 0.05) is 29.6 Å². The molecule has 3 aromatic rings. The Morgan fingerprint density at radius 3 is 2.52 bits per heavy atom. The number of hydrogen-bond acceptors (Lipinski definition) is 3. The van der Waals surface area contributed by atoms with Crippen LogP contribution in [0.4, 0.5) is 0 Å². The van der Waals surface area contributed by atoms with Crippen LogP contribution in [0.3, 0.4) is 0 Å². The van der Waals surface area contributed by atoms with Gasteiger partial charge >= 0.3 is 0 Å². The maximum Gasteiger partial charge on any atom is 0.134 e. The first-order valence-corrected chi connectivity index (χ1v) is 7.27. The zero-order valence-corrected chi connectivity index (χ0v) is 12.1. The number of rotatable bonds is 5. The van der Waals surface area contributed by atoms with Gasteiger partial charge in [0.15, 0.2) is 0 Å². The Labute approximate surface area is 124 Å². The first-order valence-electron chi connectivity index (χ1n) is 7.27. The number of para-hydroxylation sites is 1. The van der Waals surface area contributed by atoms with Gasteiger partial charge in [-0.05, 0) is 18.6 Å². The highest BCUT2D eigenvalue weighted by molar-refractivity contribution is 5.81. The molecule has 1 heterocycles. The topological polar surface area (TPSA) is 51.2 Å². The second-order valence-corrected chi connectivity index (χ2v) is 5.27. The van der Waals surface area contributed by atoms with Crippen LogP contribution in [0.2, 0.25) is 0 Å². The monoisotopic (exact) mass is 280 g/mol. The number of furan rings is 1. The average molecular weight is 280 g/mol. The van der Waals surface area contributed by atoms with Crippen molar-refractivity contribution in [3.05, 3.63) is 72.0 Å². The molecule has 0 saturated carbocycles. The summed E-state index contributed by atoms with van der Waals surface area (Å²) in [6.07, 6.45) is 1.81. The summed E-state index contributed by atoms with van der Waals surface area (Å²) in [5.74, 6) is 0. The lowest BCUT2D eigenvalue weighted by molar-refractivity contribution is 0.469. The molecule has 2 unspecified atom stereocenters. The van der Waals surface area contributed by atoms with Crippen LogP contribution < -0.4 is 11.1 Å². The first-order chi connectivity index (χ1) is 10.3. The summed E-state index contributed by atoms with van der Waals surface area (Å²) in [5, 5.41) is 4.72. The zero-order valence-electron chi connectivity index (χ0n) is 12.1. The van der Waals surface area contributed by atoms with Crippen LogP contribution in [0.25, 0.3) is 11.0 Å². The third-order valence-electron chi connectivity index (χ3n) is 3.87. The number of nitrogens with one attached hydrogen (secondary N) is 1. The van der Waals surface area contributed by atoms with Crippen LogP contribution in [-0.4, -0.2) is 6.54 Å². The van der Waals surface area contributed by atoms with Crippen LogP contribution in [0.5, 0.6) is 0 Å². The second-order valence-electron chi connectivity index (χ2n) is 5.27. The summed E-state index contributed by atoms with van der Waals surface area (Å²) in [6, 6.07) is 18.7. The maximum atomic E-state index is 5.98. The minimum absolute atomic E-state index is 0.0730. The smallest absolute Gasteiger partial charge is 0.134 e.